The molecule has 218 valence electrons. The van der Waals surface area contributed by atoms with Crippen LogP contribution in [-0.4, -0.2) is 51.7 Å². The summed E-state index contributed by atoms with van der Waals surface area (Å²) < 4.78 is 23.1. The summed E-state index contributed by atoms with van der Waals surface area (Å²) in [6.45, 7) is 4.92. The Morgan fingerprint density at radius 3 is 2.27 bits per heavy atom. The van der Waals surface area contributed by atoms with Gasteiger partial charge in [-0.25, -0.2) is 4.39 Å². The zero-order chi connectivity index (χ0) is 28.5. The van der Waals surface area contributed by atoms with Gasteiger partial charge in [0.25, 0.3) is 0 Å². The molecule has 0 amide bonds. The molecule has 7 heteroatoms. The number of hydrogen-bond acceptors (Lipinski definition) is 6. The minimum atomic E-state index is -2.02. The number of aliphatic hydroxyl groups excluding tert-OH is 1. The number of rotatable bonds is 4. The minimum Gasteiger partial charge on any atom is -0.457 e. The van der Waals surface area contributed by atoms with Gasteiger partial charge in [-0.1, -0.05) is 25.5 Å². The molecular weight excluding hydrogens is 511 g/mol. The fraction of sp³-hybridized carbons (Fsp3) is 0.788. The molecule has 0 aromatic carbocycles. The zero-order valence-corrected chi connectivity index (χ0v) is 24.0. The molecule has 6 nitrogen and oxygen atoms in total. The second kappa shape index (κ2) is 8.37. The van der Waals surface area contributed by atoms with Gasteiger partial charge in [0, 0.05) is 16.7 Å². The van der Waals surface area contributed by atoms with E-state index in [0.717, 1.165) is 19.3 Å². The van der Waals surface area contributed by atoms with Crippen molar-refractivity contribution < 1.29 is 33.7 Å². The van der Waals surface area contributed by atoms with Crippen LogP contribution < -0.4 is 0 Å². The molecule has 0 radical (unpaired) electrons. The maximum Gasteiger partial charge on any atom is 0.312 e. The highest BCUT2D eigenvalue weighted by Crippen LogP contribution is 2.70. The molecule has 0 saturated heterocycles. The van der Waals surface area contributed by atoms with Crippen LogP contribution >= 0.6 is 0 Å². The standard InChI is InChI=1S/C33H43FO6/c1-18-8-25-24-5-4-22-12-23(35)6-7-29(22,2)32(24,34)26(36)16-30(25,3)33(18,39)27(37)17-40-28(38)31-13-19-9-20(14-31)11-21(10-19)15-31/h6-7,12,18-21,24-26,36,39H,4-5,8-11,13-17H2,1-3H3/t18-,19?,20?,21?,24+,25+,26-,29+,30+,31?,32+,33+/m1/s1. The SMILES string of the molecule is C[C@@H]1C[C@H]2[C@@H]3CCC4=CC(=O)C=C[C@]4(C)[C@@]3(F)[C@H](O)C[C@]2(C)[C@@]1(O)C(=O)COC(=O)C12CC3CC(CC(C3)C1)C2. The highest BCUT2D eigenvalue weighted by atomic mass is 19.1. The highest BCUT2D eigenvalue weighted by Gasteiger charge is 2.75. The third kappa shape index (κ3) is 3.20. The van der Waals surface area contributed by atoms with Crippen LogP contribution in [0.4, 0.5) is 4.39 Å². The van der Waals surface area contributed by atoms with Crippen LogP contribution in [-0.2, 0) is 19.1 Å². The van der Waals surface area contributed by atoms with E-state index < -0.39 is 57.8 Å². The first kappa shape index (κ1) is 27.0. The van der Waals surface area contributed by atoms with Gasteiger partial charge in [0.05, 0.1) is 11.5 Å². The van der Waals surface area contributed by atoms with Crippen molar-refractivity contribution >= 4 is 17.5 Å². The Morgan fingerprint density at radius 1 is 1.02 bits per heavy atom. The minimum absolute atomic E-state index is 0.0785. The number of carbonyl (C=O) groups excluding carboxylic acids is 3. The first-order valence-electron chi connectivity index (χ1n) is 15.5. The monoisotopic (exact) mass is 554 g/mol. The average molecular weight is 555 g/mol. The maximum atomic E-state index is 17.4. The molecule has 7 fully saturated rings. The molecule has 0 unspecified atom stereocenters. The number of carbonyl (C=O) groups is 3. The number of aliphatic hydroxyl groups is 2. The number of Topliss-reactive ketones (excluding diaryl/α,β-unsaturated/α-hetero) is 1. The molecule has 8 aliphatic rings. The van der Waals surface area contributed by atoms with Crippen LogP contribution in [0.15, 0.2) is 23.8 Å². The lowest BCUT2D eigenvalue weighted by Gasteiger charge is -2.62. The van der Waals surface area contributed by atoms with Crippen LogP contribution in [0, 0.1) is 51.8 Å². The Kier molecular flexibility index (Phi) is 5.65. The van der Waals surface area contributed by atoms with Crippen molar-refractivity contribution in [2.75, 3.05) is 6.61 Å². The van der Waals surface area contributed by atoms with Gasteiger partial charge in [0.2, 0.25) is 5.78 Å². The number of allylic oxidation sites excluding steroid dienone is 4. The molecule has 8 atom stereocenters. The summed E-state index contributed by atoms with van der Waals surface area (Å²) in [7, 11) is 0. The molecule has 4 bridgehead atoms. The van der Waals surface area contributed by atoms with Gasteiger partial charge in [0.1, 0.15) is 5.60 Å². The van der Waals surface area contributed by atoms with E-state index in [1.54, 1.807) is 13.0 Å². The van der Waals surface area contributed by atoms with Gasteiger partial charge in [-0.05, 0) is 113 Å². The Bertz CT molecular complexity index is 1200. The van der Waals surface area contributed by atoms with Gasteiger partial charge >= 0.3 is 5.97 Å². The van der Waals surface area contributed by atoms with E-state index >= 15 is 4.39 Å². The van der Waals surface area contributed by atoms with Gasteiger partial charge < -0.3 is 14.9 Å². The summed E-state index contributed by atoms with van der Waals surface area (Å²) in [5.74, 6) is -0.674. The van der Waals surface area contributed by atoms with Gasteiger partial charge in [0.15, 0.2) is 18.1 Å². The van der Waals surface area contributed by atoms with E-state index in [1.807, 2.05) is 13.8 Å². The number of fused-ring (bicyclic) bond motifs is 5. The summed E-state index contributed by atoms with van der Waals surface area (Å²) in [5.41, 5.74) is -5.82. The summed E-state index contributed by atoms with van der Waals surface area (Å²) in [5, 5.41) is 23.7. The summed E-state index contributed by atoms with van der Waals surface area (Å²) in [6.07, 6.45) is 10.5. The Morgan fingerprint density at radius 2 is 1.65 bits per heavy atom. The van der Waals surface area contributed by atoms with Crippen molar-refractivity contribution in [3.63, 3.8) is 0 Å². The van der Waals surface area contributed by atoms with E-state index in [-0.39, 0.29) is 24.1 Å². The number of halogens is 1. The van der Waals surface area contributed by atoms with Crippen molar-refractivity contribution in [3.05, 3.63) is 23.8 Å². The van der Waals surface area contributed by atoms with Gasteiger partial charge in [-0.15, -0.1) is 0 Å². The van der Waals surface area contributed by atoms with Crippen LogP contribution in [0.25, 0.3) is 0 Å². The average Bonchev–Trinajstić information content (AvgIpc) is 3.09. The van der Waals surface area contributed by atoms with E-state index in [1.165, 1.54) is 31.4 Å². The summed E-state index contributed by atoms with van der Waals surface area (Å²) in [4.78, 5) is 39.4. The van der Waals surface area contributed by atoms with E-state index in [4.69, 9.17) is 4.74 Å². The smallest absolute Gasteiger partial charge is 0.312 e. The Hall–Kier alpha value is -1.86. The third-order valence-electron chi connectivity index (χ3n) is 13.5. The van der Waals surface area contributed by atoms with Crippen molar-refractivity contribution in [2.24, 2.45) is 51.8 Å². The molecule has 7 saturated carbocycles. The summed E-state index contributed by atoms with van der Waals surface area (Å²) >= 11 is 0. The zero-order valence-electron chi connectivity index (χ0n) is 24.0. The second-order valence-corrected chi connectivity index (χ2v) is 15.4. The Balaban J connectivity index is 1.14. The molecule has 0 aliphatic heterocycles. The lowest BCUT2D eigenvalue weighted by molar-refractivity contribution is -0.220. The van der Waals surface area contributed by atoms with Crippen molar-refractivity contribution in [1.29, 1.82) is 0 Å². The fourth-order valence-corrected chi connectivity index (χ4v) is 11.9. The van der Waals surface area contributed by atoms with E-state index in [9.17, 15) is 24.6 Å². The Labute approximate surface area is 235 Å². The van der Waals surface area contributed by atoms with Crippen molar-refractivity contribution in [2.45, 2.75) is 102 Å². The van der Waals surface area contributed by atoms with Crippen molar-refractivity contribution in [3.8, 4) is 0 Å². The first-order valence-corrected chi connectivity index (χ1v) is 15.5. The summed E-state index contributed by atoms with van der Waals surface area (Å²) in [6, 6.07) is 0. The number of esters is 1. The normalized spacial score (nSPS) is 53.9. The van der Waals surface area contributed by atoms with Gasteiger partial charge in [-0.2, -0.15) is 0 Å². The largest absolute Gasteiger partial charge is 0.457 e. The number of ether oxygens (including phenoxy) is 1. The van der Waals surface area contributed by atoms with Gasteiger partial charge in [-0.3, -0.25) is 14.4 Å². The molecule has 8 rings (SSSR count). The van der Waals surface area contributed by atoms with Crippen LogP contribution in [0.3, 0.4) is 0 Å². The molecular formula is C33H43FO6. The first-order chi connectivity index (χ1) is 18.8. The topological polar surface area (TPSA) is 101 Å². The molecule has 8 aliphatic carbocycles. The number of alkyl halides is 1. The molecule has 0 aromatic heterocycles. The van der Waals surface area contributed by atoms with Crippen LogP contribution in [0.5, 0.6) is 0 Å². The lowest BCUT2D eigenvalue weighted by Crippen LogP contribution is -2.69. The predicted molar refractivity (Wildman–Crippen MR) is 144 cm³/mol. The highest BCUT2D eigenvalue weighted by molar-refractivity contribution is 6.01. The maximum absolute atomic E-state index is 17.4. The molecule has 2 N–H and O–H groups in total. The number of hydrogen-bond donors (Lipinski definition) is 2. The third-order valence-corrected chi connectivity index (χ3v) is 13.5. The lowest BCUT2D eigenvalue weighted by atomic mass is 9.44. The fourth-order valence-electron chi connectivity index (χ4n) is 11.9. The van der Waals surface area contributed by atoms with Crippen LogP contribution in [0.2, 0.25) is 0 Å². The molecule has 0 heterocycles. The van der Waals surface area contributed by atoms with E-state index in [2.05, 4.69) is 0 Å². The van der Waals surface area contributed by atoms with Crippen molar-refractivity contribution in [1.82, 2.24) is 0 Å². The molecule has 0 spiro atoms. The molecule has 0 aromatic rings. The molecule has 40 heavy (non-hydrogen) atoms. The van der Waals surface area contributed by atoms with Crippen LogP contribution in [0.1, 0.15) is 85.0 Å². The van der Waals surface area contributed by atoms with E-state index in [0.29, 0.717) is 42.6 Å². The predicted octanol–water partition coefficient (Wildman–Crippen LogP) is 4.66. The quantitative estimate of drug-likeness (QED) is 0.490. The number of ketones is 2. The second-order valence-electron chi connectivity index (χ2n) is 15.4.